The average molecular weight is 432 g/mol. The average Bonchev–Trinajstić information content (AvgIpc) is 2.82. The predicted molar refractivity (Wildman–Crippen MR) is 127 cm³/mol. The first-order valence-corrected chi connectivity index (χ1v) is 10.8. The van der Waals surface area contributed by atoms with E-state index in [1.54, 1.807) is 11.9 Å². The van der Waals surface area contributed by atoms with Crippen LogP contribution in [0, 0.1) is 0 Å². The predicted octanol–water partition coefficient (Wildman–Crippen LogP) is 4.03. The summed E-state index contributed by atoms with van der Waals surface area (Å²) in [6.45, 7) is 4.93. The van der Waals surface area contributed by atoms with E-state index in [0.717, 1.165) is 11.1 Å². The van der Waals surface area contributed by atoms with Gasteiger partial charge in [0.15, 0.2) is 0 Å². The molecule has 0 unspecified atom stereocenters. The summed E-state index contributed by atoms with van der Waals surface area (Å²) >= 11 is 0. The van der Waals surface area contributed by atoms with Crippen LogP contribution in [0.25, 0.3) is 0 Å². The Morgan fingerprint density at radius 1 is 0.938 bits per heavy atom. The van der Waals surface area contributed by atoms with Crippen molar-refractivity contribution in [1.82, 2.24) is 9.47 Å². The summed E-state index contributed by atoms with van der Waals surface area (Å²) in [4.78, 5) is 40.1. The largest absolute Gasteiger partial charge is 0.339 e. The summed E-state index contributed by atoms with van der Waals surface area (Å²) in [6.07, 6.45) is 1.68. The Hall–Kier alpha value is -3.67. The van der Waals surface area contributed by atoms with Crippen LogP contribution in [-0.2, 0) is 11.8 Å². The third-order valence-corrected chi connectivity index (χ3v) is 5.55. The summed E-state index contributed by atoms with van der Waals surface area (Å²) in [7, 11) is 1.58. The van der Waals surface area contributed by atoms with Crippen molar-refractivity contribution in [3.05, 3.63) is 100.0 Å². The van der Waals surface area contributed by atoms with E-state index in [0.29, 0.717) is 18.7 Å². The Balaban J connectivity index is 1.87. The minimum atomic E-state index is -0.356. The van der Waals surface area contributed by atoms with Crippen LogP contribution in [0.4, 0.5) is 5.69 Å². The van der Waals surface area contributed by atoms with Crippen LogP contribution in [0.15, 0.2) is 77.7 Å². The van der Waals surface area contributed by atoms with E-state index >= 15 is 0 Å². The zero-order chi connectivity index (χ0) is 23.1. The fraction of sp³-hybridized carbons (Fsp3) is 0.269. The van der Waals surface area contributed by atoms with E-state index in [-0.39, 0.29) is 35.4 Å². The van der Waals surface area contributed by atoms with Crippen LogP contribution in [-0.4, -0.2) is 34.4 Å². The van der Waals surface area contributed by atoms with E-state index in [1.165, 1.54) is 16.8 Å². The molecular formula is C26H29N3O3. The molecule has 0 aliphatic rings. The minimum absolute atomic E-state index is 0.107. The van der Waals surface area contributed by atoms with Crippen molar-refractivity contribution in [3.63, 3.8) is 0 Å². The Kier molecular flexibility index (Phi) is 7.60. The van der Waals surface area contributed by atoms with Crippen molar-refractivity contribution in [2.45, 2.75) is 26.2 Å². The lowest BCUT2D eigenvalue weighted by Crippen LogP contribution is -2.32. The maximum Gasteiger partial charge on any atom is 0.274 e. The number of carbonyl (C=O) groups is 2. The molecule has 6 heteroatoms. The third kappa shape index (κ3) is 5.32. The van der Waals surface area contributed by atoms with Crippen LogP contribution in [0.1, 0.15) is 47.7 Å². The van der Waals surface area contributed by atoms with Gasteiger partial charge in [-0.1, -0.05) is 60.7 Å². The number of rotatable bonds is 8. The maximum absolute atomic E-state index is 13.0. The van der Waals surface area contributed by atoms with E-state index < -0.39 is 0 Å². The SMILES string of the molecule is CCN(CC)C(=O)c1cc(NC(=O)CC(c2ccccc2)c2ccccc2)c(=O)n(C)c1. The summed E-state index contributed by atoms with van der Waals surface area (Å²) in [6, 6.07) is 21.1. The number of carbonyl (C=O) groups excluding carboxylic acids is 2. The van der Waals surface area contributed by atoms with Gasteiger partial charge in [-0.05, 0) is 31.0 Å². The van der Waals surface area contributed by atoms with E-state index in [4.69, 9.17) is 0 Å². The number of benzene rings is 2. The van der Waals surface area contributed by atoms with Gasteiger partial charge in [-0.25, -0.2) is 0 Å². The Morgan fingerprint density at radius 2 is 1.47 bits per heavy atom. The Labute approximate surface area is 188 Å². The third-order valence-electron chi connectivity index (χ3n) is 5.55. The zero-order valence-electron chi connectivity index (χ0n) is 18.7. The Morgan fingerprint density at radius 3 is 1.97 bits per heavy atom. The molecule has 0 aliphatic carbocycles. The van der Waals surface area contributed by atoms with Gasteiger partial charge in [0.2, 0.25) is 5.91 Å². The molecule has 3 aromatic rings. The van der Waals surface area contributed by atoms with Gasteiger partial charge in [-0.2, -0.15) is 0 Å². The molecule has 1 heterocycles. The number of hydrogen-bond acceptors (Lipinski definition) is 3. The fourth-order valence-electron chi connectivity index (χ4n) is 3.80. The Bertz CT molecular complexity index is 1080. The molecule has 2 amide bonds. The molecule has 1 aromatic heterocycles. The number of nitrogens with zero attached hydrogens (tertiary/aromatic N) is 2. The molecule has 2 aromatic carbocycles. The molecule has 3 rings (SSSR count). The normalized spacial score (nSPS) is 10.8. The number of anilines is 1. The van der Waals surface area contributed by atoms with Gasteiger partial charge in [0.1, 0.15) is 5.69 Å². The van der Waals surface area contributed by atoms with Crippen molar-refractivity contribution < 1.29 is 9.59 Å². The van der Waals surface area contributed by atoms with Crippen molar-refractivity contribution in [1.29, 1.82) is 0 Å². The first-order valence-electron chi connectivity index (χ1n) is 10.8. The zero-order valence-corrected chi connectivity index (χ0v) is 18.7. The van der Waals surface area contributed by atoms with E-state index in [2.05, 4.69) is 5.32 Å². The molecule has 6 nitrogen and oxygen atoms in total. The molecule has 0 aliphatic heterocycles. The molecular weight excluding hydrogens is 402 g/mol. The molecule has 0 fully saturated rings. The summed E-state index contributed by atoms with van der Waals surface area (Å²) in [5.74, 6) is -0.610. The number of nitrogens with one attached hydrogen (secondary N) is 1. The first-order chi connectivity index (χ1) is 15.4. The first kappa shape index (κ1) is 23.0. The second kappa shape index (κ2) is 10.6. The van der Waals surface area contributed by atoms with Gasteiger partial charge in [-0.15, -0.1) is 0 Å². The monoisotopic (exact) mass is 431 g/mol. The highest BCUT2D eigenvalue weighted by Gasteiger charge is 2.20. The molecule has 0 bridgehead atoms. The fourth-order valence-corrected chi connectivity index (χ4v) is 3.80. The van der Waals surface area contributed by atoms with Gasteiger partial charge < -0.3 is 14.8 Å². The standard InChI is InChI=1S/C26H29N3O3/c1-4-29(5-2)25(31)21-16-23(26(32)28(3)18-21)27-24(30)17-22(19-12-8-6-9-13-19)20-14-10-7-11-15-20/h6-16,18,22H,4-5,17H2,1-3H3,(H,27,30). The number of hydrogen-bond donors (Lipinski definition) is 1. The van der Waals surface area contributed by atoms with Crippen molar-refractivity contribution in [2.75, 3.05) is 18.4 Å². The van der Waals surface area contributed by atoms with E-state index in [9.17, 15) is 14.4 Å². The smallest absolute Gasteiger partial charge is 0.274 e. The van der Waals surface area contributed by atoms with E-state index in [1.807, 2.05) is 74.5 Å². The second-order valence-electron chi connectivity index (χ2n) is 7.66. The van der Waals surface area contributed by atoms with Crippen LogP contribution < -0.4 is 10.9 Å². The van der Waals surface area contributed by atoms with Gasteiger partial charge >= 0.3 is 0 Å². The highest BCUT2D eigenvalue weighted by Crippen LogP contribution is 2.28. The maximum atomic E-state index is 13.0. The van der Waals surface area contributed by atoms with Crippen molar-refractivity contribution in [3.8, 4) is 0 Å². The topological polar surface area (TPSA) is 71.4 Å². The van der Waals surface area contributed by atoms with Gasteiger partial charge in [0, 0.05) is 38.7 Å². The second-order valence-corrected chi connectivity index (χ2v) is 7.66. The van der Waals surface area contributed by atoms with Gasteiger partial charge in [0.05, 0.1) is 5.56 Å². The van der Waals surface area contributed by atoms with Crippen LogP contribution >= 0.6 is 0 Å². The molecule has 32 heavy (non-hydrogen) atoms. The summed E-state index contributed by atoms with van der Waals surface area (Å²) < 4.78 is 1.33. The lowest BCUT2D eigenvalue weighted by atomic mass is 9.88. The number of amides is 2. The molecule has 1 N–H and O–H groups in total. The lowest BCUT2D eigenvalue weighted by Gasteiger charge is -2.20. The summed E-state index contributed by atoms with van der Waals surface area (Å²) in [5.41, 5.74) is 2.16. The highest BCUT2D eigenvalue weighted by molar-refractivity contribution is 5.97. The summed E-state index contributed by atoms with van der Waals surface area (Å²) in [5, 5.41) is 2.75. The molecule has 166 valence electrons. The molecule has 0 spiro atoms. The number of aryl methyl sites for hydroxylation is 1. The molecule has 0 atom stereocenters. The lowest BCUT2D eigenvalue weighted by molar-refractivity contribution is -0.116. The van der Waals surface area contributed by atoms with Crippen LogP contribution in [0.5, 0.6) is 0 Å². The van der Waals surface area contributed by atoms with Gasteiger partial charge in [-0.3, -0.25) is 14.4 Å². The van der Waals surface area contributed by atoms with Gasteiger partial charge in [0.25, 0.3) is 11.5 Å². The van der Waals surface area contributed by atoms with Crippen molar-refractivity contribution >= 4 is 17.5 Å². The molecule has 0 saturated heterocycles. The number of pyridine rings is 1. The van der Waals surface area contributed by atoms with Crippen LogP contribution in [0.2, 0.25) is 0 Å². The molecule has 0 radical (unpaired) electrons. The highest BCUT2D eigenvalue weighted by atomic mass is 16.2. The minimum Gasteiger partial charge on any atom is -0.339 e. The molecule has 0 saturated carbocycles. The van der Waals surface area contributed by atoms with Crippen molar-refractivity contribution in [2.24, 2.45) is 7.05 Å². The number of aromatic nitrogens is 1. The quantitative estimate of drug-likeness (QED) is 0.585. The van der Waals surface area contributed by atoms with Crippen LogP contribution in [0.3, 0.4) is 0 Å².